The smallest absolute Gasteiger partial charge is 0.00853 e. The molecule has 1 unspecified atom stereocenters. The quantitative estimate of drug-likeness (QED) is 0.548. The fourth-order valence-electron chi connectivity index (χ4n) is 3.47. The summed E-state index contributed by atoms with van der Waals surface area (Å²) in [5.74, 6) is 1.34. The van der Waals surface area contributed by atoms with Gasteiger partial charge in [0.1, 0.15) is 0 Å². The lowest BCUT2D eigenvalue weighted by Crippen LogP contribution is -2.16. The van der Waals surface area contributed by atoms with Crippen molar-refractivity contribution in [2.45, 2.75) is 60.8 Å². The number of hydrogen-bond acceptors (Lipinski definition) is 0. The molecule has 0 saturated carbocycles. The van der Waals surface area contributed by atoms with Crippen LogP contribution in [0.25, 0.3) is 0 Å². The van der Waals surface area contributed by atoms with Crippen molar-refractivity contribution in [3.63, 3.8) is 0 Å². The van der Waals surface area contributed by atoms with E-state index in [9.17, 15) is 0 Å². The van der Waals surface area contributed by atoms with Crippen LogP contribution in [0.4, 0.5) is 0 Å². The Kier molecular flexibility index (Phi) is 5.85. The molecule has 1 aliphatic carbocycles. The standard InChI is InChI=1S/C19H30/c1-8-13(5)17(11-4)19-15(7)12-14(6)18(19)16(9-2)10-3/h8,12,16,18H,7,9-11H2,1-6H3/b13-8-,19-17+. The minimum Gasteiger partial charge on any atom is -0.0915 e. The van der Waals surface area contributed by atoms with Gasteiger partial charge in [-0.15, -0.1) is 0 Å². The molecule has 19 heavy (non-hydrogen) atoms. The first kappa shape index (κ1) is 16.0. The first-order valence-corrected chi connectivity index (χ1v) is 7.75. The van der Waals surface area contributed by atoms with E-state index in [4.69, 9.17) is 0 Å². The van der Waals surface area contributed by atoms with Crippen molar-refractivity contribution in [1.82, 2.24) is 0 Å². The average molecular weight is 258 g/mol. The van der Waals surface area contributed by atoms with Crippen LogP contribution in [0.1, 0.15) is 60.8 Å². The van der Waals surface area contributed by atoms with Gasteiger partial charge in [-0.3, -0.25) is 0 Å². The molecule has 106 valence electrons. The molecule has 0 N–H and O–H groups in total. The van der Waals surface area contributed by atoms with E-state index in [0.717, 1.165) is 12.3 Å². The second-order valence-corrected chi connectivity index (χ2v) is 5.69. The molecule has 0 aromatic heterocycles. The molecule has 0 aromatic carbocycles. The van der Waals surface area contributed by atoms with Crippen LogP contribution in [-0.2, 0) is 0 Å². The van der Waals surface area contributed by atoms with Gasteiger partial charge in [-0.2, -0.15) is 0 Å². The van der Waals surface area contributed by atoms with Gasteiger partial charge in [-0.05, 0) is 49.8 Å². The second-order valence-electron chi connectivity index (χ2n) is 5.69. The summed E-state index contributed by atoms with van der Waals surface area (Å²) in [6, 6.07) is 0. The molecule has 0 saturated heterocycles. The Hall–Kier alpha value is -1.04. The van der Waals surface area contributed by atoms with E-state index in [2.05, 4.69) is 60.3 Å². The Morgan fingerprint density at radius 2 is 1.89 bits per heavy atom. The molecule has 0 amide bonds. The number of hydrogen-bond donors (Lipinski definition) is 0. The third-order valence-electron chi connectivity index (χ3n) is 4.66. The molecule has 0 bridgehead atoms. The zero-order valence-electron chi connectivity index (χ0n) is 13.6. The van der Waals surface area contributed by atoms with Crippen LogP contribution < -0.4 is 0 Å². The van der Waals surface area contributed by atoms with Gasteiger partial charge in [0.15, 0.2) is 0 Å². The maximum atomic E-state index is 4.31. The molecule has 1 atom stereocenters. The number of rotatable bonds is 5. The van der Waals surface area contributed by atoms with Crippen LogP contribution in [-0.4, -0.2) is 0 Å². The van der Waals surface area contributed by atoms with E-state index >= 15 is 0 Å². The van der Waals surface area contributed by atoms with Crippen LogP contribution in [0, 0.1) is 11.8 Å². The summed E-state index contributed by atoms with van der Waals surface area (Å²) < 4.78 is 0. The van der Waals surface area contributed by atoms with Crippen molar-refractivity contribution >= 4 is 0 Å². The fourth-order valence-corrected chi connectivity index (χ4v) is 3.47. The highest BCUT2D eigenvalue weighted by Crippen LogP contribution is 2.45. The third-order valence-corrected chi connectivity index (χ3v) is 4.66. The summed E-state index contributed by atoms with van der Waals surface area (Å²) in [7, 11) is 0. The highest BCUT2D eigenvalue weighted by atomic mass is 14.4. The zero-order valence-corrected chi connectivity index (χ0v) is 13.6. The van der Waals surface area contributed by atoms with Crippen molar-refractivity contribution in [3.8, 4) is 0 Å². The lowest BCUT2D eigenvalue weighted by Gasteiger charge is -2.27. The van der Waals surface area contributed by atoms with Crippen LogP contribution in [0.2, 0.25) is 0 Å². The Balaban J connectivity index is 3.37. The Morgan fingerprint density at radius 3 is 2.32 bits per heavy atom. The molecule has 0 nitrogen and oxygen atoms in total. The van der Waals surface area contributed by atoms with Gasteiger partial charge >= 0.3 is 0 Å². The first-order valence-electron chi connectivity index (χ1n) is 7.75. The average Bonchev–Trinajstić information content (AvgIpc) is 2.68. The van der Waals surface area contributed by atoms with Gasteiger partial charge in [-0.25, -0.2) is 0 Å². The molecular formula is C19H30. The monoisotopic (exact) mass is 258 g/mol. The van der Waals surface area contributed by atoms with Gasteiger partial charge in [0, 0.05) is 5.92 Å². The molecule has 0 fully saturated rings. The van der Waals surface area contributed by atoms with Gasteiger partial charge in [0.05, 0.1) is 0 Å². The molecule has 1 rings (SSSR count). The maximum absolute atomic E-state index is 4.31. The van der Waals surface area contributed by atoms with Gasteiger partial charge < -0.3 is 0 Å². The number of allylic oxidation sites excluding steroid dienone is 7. The normalized spacial score (nSPS) is 23.1. The minimum atomic E-state index is 0.590. The predicted octanol–water partition coefficient (Wildman–Crippen LogP) is 6.23. The fraction of sp³-hybridized carbons (Fsp3) is 0.579. The van der Waals surface area contributed by atoms with Gasteiger partial charge in [0.2, 0.25) is 0 Å². The van der Waals surface area contributed by atoms with E-state index in [-0.39, 0.29) is 0 Å². The van der Waals surface area contributed by atoms with Gasteiger partial charge in [-0.1, -0.05) is 63.5 Å². The maximum Gasteiger partial charge on any atom is 0.00853 e. The van der Waals surface area contributed by atoms with E-state index in [1.165, 1.54) is 40.7 Å². The Morgan fingerprint density at radius 1 is 1.32 bits per heavy atom. The molecule has 0 radical (unpaired) electrons. The van der Waals surface area contributed by atoms with E-state index in [1.807, 2.05) is 0 Å². The second kappa shape index (κ2) is 6.93. The van der Waals surface area contributed by atoms with Crippen LogP contribution in [0.15, 0.2) is 46.6 Å². The Bertz CT molecular complexity index is 425. The van der Waals surface area contributed by atoms with Crippen molar-refractivity contribution in [2.75, 3.05) is 0 Å². The largest absolute Gasteiger partial charge is 0.0915 e. The van der Waals surface area contributed by atoms with Crippen molar-refractivity contribution in [1.29, 1.82) is 0 Å². The summed E-state index contributed by atoms with van der Waals surface area (Å²) in [6.07, 6.45) is 8.12. The molecule has 0 spiro atoms. The molecule has 0 heteroatoms. The molecule has 0 heterocycles. The zero-order chi connectivity index (χ0) is 14.6. The van der Waals surface area contributed by atoms with Crippen molar-refractivity contribution in [3.05, 3.63) is 46.6 Å². The van der Waals surface area contributed by atoms with E-state index in [1.54, 1.807) is 0 Å². The summed E-state index contributed by atoms with van der Waals surface area (Å²) in [5, 5.41) is 0. The van der Waals surface area contributed by atoms with Crippen LogP contribution in [0.5, 0.6) is 0 Å². The summed E-state index contributed by atoms with van der Waals surface area (Å²) in [6.45, 7) is 17.8. The Labute approximate surface area is 120 Å². The lowest BCUT2D eigenvalue weighted by molar-refractivity contribution is 0.403. The highest BCUT2D eigenvalue weighted by molar-refractivity contribution is 5.56. The van der Waals surface area contributed by atoms with Crippen LogP contribution in [0.3, 0.4) is 0 Å². The SMILES string of the molecule is C=C1C=C(C)C(C(CC)CC)/C1=C(CC)/C(C)=C\C. The summed E-state index contributed by atoms with van der Waals surface area (Å²) in [4.78, 5) is 0. The van der Waals surface area contributed by atoms with Crippen molar-refractivity contribution in [2.24, 2.45) is 11.8 Å². The lowest BCUT2D eigenvalue weighted by atomic mass is 9.77. The highest BCUT2D eigenvalue weighted by Gasteiger charge is 2.31. The third kappa shape index (κ3) is 3.11. The summed E-state index contributed by atoms with van der Waals surface area (Å²) in [5.41, 5.74) is 7.19. The topological polar surface area (TPSA) is 0 Å². The predicted molar refractivity (Wildman–Crippen MR) is 87.2 cm³/mol. The van der Waals surface area contributed by atoms with Crippen molar-refractivity contribution < 1.29 is 0 Å². The molecule has 1 aliphatic rings. The van der Waals surface area contributed by atoms with Crippen LogP contribution >= 0.6 is 0 Å². The first-order chi connectivity index (χ1) is 9.01. The molecule has 0 aromatic rings. The summed E-state index contributed by atoms with van der Waals surface area (Å²) >= 11 is 0. The minimum absolute atomic E-state index is 0.590. The molecule has 0 aliphatic heterocycles. The van der Waals surface area contributed by atoms with Gasteiger partial charge in [0.25, 0.3) is 0 Å². The molecular weight excluding hydrogens is 228 g/mol. The van der Waals surface area contributed by atoms with E-state index < -0.39 is 0 Å². The van der Waals surface area contributed by atoms with E-state index in [0.29, 0.717) is 5.92 Å².